The summed E-state index contributed by atoms with van der Waals surface area (Å²) in [6, 6.07) is 0.841. The van der Waals surface area contributed by atoms with E-state index < -0.39 is 0 Å². The van der Waals surface area contributed by atoms with Crippen LogP contribution in [-0.4, -0.2) is 61.3 Å². The Morgan fingerprint density at radius 3 is 2.13 bits per heavy atom. The third kappa shape index (κ3) is 2.05. The van der Waals surface area contributed by atoms with Gasteiger partial charge in [-0.2, -0.15) is 0 Å². The van der Waals surface area contributed by atoms with Gasteiger partial charge in [0.05, 0.1) is 12.2 Å². The Morgan fingerprint density at radius 2 is 1.53 bits per heavy atom. The number of rotatable bonds is 1. The number of nitrogens with zero attached hydrogens (tertiary/aromatic N) is 2. The van der Waals surface area contributed by atoms with Crippen molar-refractivity contribution in [3.8, 4) is 0 Å². The molecule has 15 heavy (non-hydrogen) atoms. The van der Waals surface area contributed by atoms with E-state index in [0.717, 1.165) is 6.04 Å². The fraction of sp³-hybridized carbons (Fsp3) is 1.00. The molecule has 3 fully saturated rings. The van der Waals surface area contributed by atoms with E-state index in [2.05, 4.69) is 16.8 Å². The zero-order valence-electron chi connectivity index (χ0n) is 9.69. The minimum absolute atomic E-state index is 0.559. The minimum atomic E-state index is 0.559. The molecule has 3 nitrogen and oxygen atoms in total. The van der Waals surface area contributed by atoms with Crippen LogP contribution in [0.5, 0.6) is 0 Å². The average Bonchev–Trinajstić information content (AvgIpc) is 2.59. The summed E-state index contributed by atoms with van der Waals surface area (Å²) in [5, 5.41) is 0. The van der Waals surface area contributed by atoms with Crippen LogP contribution in [0.2, 0.25) is 0 Å². The highest BCUT2D eigenvalue weighted by atomic mass is 16.5. The molecule has 2 bridgehead atoms. The van der Waals surface area contributed by atoms with E-state index >= 15 is 0 Å². The van der Waals surface area contributed by atoms with Crippen molar-refractivity contribution >= 4 is 0 Å². The number of likely N-dealkylation sites (tertiary alicyclic amines) is 2. The predicted octanol–water partition coefficient (Wildman–Crippen LogP) is 0.944. The number of morpholine rings is 1. The highest BCUT2D eigenvalue weighted by molar-refractivity contribution is 4.89. The van der Waals surface area contributed by atoms with E-state index in [9.17, 15) is 0 Å². The zero-order valence-corrected chi connectivity index (χ0v) is 9.69. The summed E-state index contributed by atoms with van der Waals surface area (Å²) in [5.74, 6) is 0. The van der Waals surface area contributed by atoms with Gasteiger partial charge in [0.2, 0.25) is 0 Å². The maximum absolute atomic E-state index is 5.89. The van der Waals surface area contributed by atoms with E-state index in [1.54, 1.807) is 0 Å². The van der Waals surface area contributed by atoms with Gasteiger partial charge in [-0.15, -0.1) is 0 Å². The normalized spacial score (nSPS) is 39.8. The molecule has 3 rings (SSSR count). The van der Waals surface area contributed by atoms with E-state index in [0.29, 0.717) is 12.2 Å². The maximum Gasteiger partial charge on any atom is 0.0707 e. The summed E-state index contributed by atoms with van der Waals surface area (Å²) >= 11 is 0. The lowest BCUT2D eigenvalue weighted by atomic mass is 10.0. The maximum atomic E-state index is 5.89. The first kappa shape index (κ1) is 10.1. The fourth-order valence-electron chi connectivity index (χ4n) is 3.30. The van der Waals surface area contributed by atoms with Crippen LogP contribution in [0.15, 0.2) is 0 Å². The van der Waals surface area contributed by atoms with Crippen molar-refractivity contribution in [2.24, 2.45) is 0 Å². The Bertz CT molecular complexity index is 214. The topological polar surface area (TPSA) is 15.7 Å². The number of piperidine rings is 1. The Morgan fingerprint density at radius 1 is 0.933 bits per heavy atom. The Hall–Kier alpha value is -0.120. The summed E-state index contributed by atoms with van der Waals surface area (Å²) in [7, 11) is 2.24. The van der Waals surface area contributed by atoms with Crippen LogP contribution in [0.25, 0.3) is 0 Å². The van der Waals surface area contributed by atoms with Crippen molar-refractivity contribution in [2.45, 2.75) is 43.9 Å². The van der Waals surface area contributed by atoms with Crippen LogP contribution in [0.3, 0.4) is 0 Å². The predicted molar refractivity (Wildman–Crippen MR) is 60.0 cm³/mol. The smallest absolute Gasteiger partial charge is 0.0707 e. The van der Waals surface area contributed by atoms with Gasteiger partial charge in [0.1, 0.15) is 0 Å². The van der Waals surface area contributed by atoms with Gasteiger partial charge in [-0.3, -0.25) is 4.90 Å². The number of ether oxygens (including phenoxy) is 1. The summed E-state index contributed by atoms with van der Waals surface area (Å²) < 4.78 is 5.89. The van der Waals surface area contributed by atoms with Crippen molar-refractivity contribution in [3.63, 3.8) is 0 Å². The second-order valence-corrected chi connectivity index (χ2v) is 5.45. The molecule has 3 heterocycles. The molecule has 0 unspecified atom stereocenters. The molecule has 0 amide bonds. The second-order valence-electron chi connectivity index (χ2n) is 5.45. The standard InChI is InChI=1S/C12H22N2O/c1-13-6-4-10(5-7-13)14-8-11-2-3-12(9-14)15-11/h10-12H,2-9H2,1H3/t11-,12+. The van der Waals surface area contributed by atoms with E-state index in [1.807, 2.05) is 0 Å². The SMILES string of the molecule is CN1CCC(N2C[C@H]3CC[C@@H](C2)O3)CC1. The van der Waals surface area contributed by atoms with Gasteiger partial charge >= 0.3 is 0 Å². The Labute approximate surface area is 92.4 Å². The number of hydrogen-bond donors (Lipinski definition) is 0. The van der Waals surface area contributed by atoms with Crippen molar-refractivity contribution in [1.82, 2.24) is 9.80 Å². The second kappa shape index (κ2) is 4.04. The summed E-state index contributed by atoms with van der Waals surface area (Å²) in [4.78, 5) is 5.16. The molecule has 3 heteroatoms. The molecular weight excluding hydrogens is 188 g/mol. The van der Waals surface area contributed by atoms with Gasteiger partial charge in [0.25, 0.3) is 0 Å². The first-order valence-corrected chi connectivity index (χ1v) is 6.39. The molecule has 86 valence electrons. The molecule has 3 saturated heterocycles. The molecule has 0 aromatic heterocycles. The highest BCUT2D eigenvalue weighted by Gasteiger charge is 2.36. The van der Waals surface area contributed by atoms with Crippen molar-refractivity contribution in [3.05, 3.63) is 0 Å². The molecule has 0 aromatic carbocycles. The minimum Gasteiger partial charge on any atom is -0.372 e. The first-order valence-electron chi connectivity index (χ1n) is 6.39. The van der Waals surface area contributed by atoms with Gasteiger partial charge in [-0.1, -0.05) is 0 Å². The molecule has 0 N–H and O–H groups in total. The lowest BCUT2D eigenvalue weighted by Crippen LogP contribution is -2.51. The Balaban J connectivity index is 1.58. The molecule has 0 saturated carbocycles. The molecule has 0 spiro atoms. The summed E-state index contributed by atoms with van der Waals surface area (Å²) in [5.41, 5.74) is 0. The first-order chi connectivity index (χ1) is 7.31. The van der Waals surface area contributed by atoms with Gasteiger partial charge in [0.15, 0.2) is 0 Å². The zero-order chi connectivity index (χ0) is 10.3. The largest absolute Gasteiger partial charge is 0.372 e. The molecule has 0 aliphatic carbocycles. The van der Waals surface area contributed by atoms with E-state index in [4.69, 9.17) is 4.74 Å². The van der Waals surface area contributed by atoms with Gasteiger partial charge < -0.3 is 9.64 Å². The fourth-order valence-corrected chi connectivity index (χ4v) is 3.30. The molecule has 3 aliphatic rings. The third-order valence-electron chi connectivity index (χ3n) is 4.28. The quantitative estimate of drug-likeness (QED) is 0.641. The van der Waals surface area contributed by atoms with Crippen LogP contribution in [0.4, 0.5) is 0 Å². The molecule has 0 aromatic rings. The van der Waals surface area contributed by atoms with Crippen LogP contribution in [0, 0.1) is 0 Å². The highest BCUT2D eigenvalue weighted by Crippen LogP contribution is 2.29. The molecule has 0 radical (unpaired) electrons. The van der Waals surface area contributed by atoms with E-state index in [-0.39, 0.29) is 0 Å². The summed E-state index contributed by atoms with van der Waals surface area (Å²) in [6.45, 7) is 4.95. The van der Waals surface area contributed by atoms with Gasteiger partial charge in [-0.05, 0) is 45.8 Å². The lowest BCUT2D eigenvalue weighted by molar-refractivity contribution is -0.0597. The lowest BCUT2D eigenvalue weighted by Gasteiger charge is -2.41. The Kier molecular flexibility index (Phi) is 2.71. The monoisotopic (exact) mass is 210 g/mol. The third-order valence-corrected chi connectivity index (χ3v) is 4.28. The van der Waals surface area contributed by atoms with Crippen LogP contribution < -0.4 is 0 Å². The van der Waals surface area contributed by atoms with Crippen LogP contribution in [-0.2, 0) is 4.74 Å². The van der Waals surface area contributed by atoms with E-state index in [1.165, 1.54) is 51.9 Å². The molecular formula is C12H22N2O. The van der Waals surface area contributed by atoms with Crippen molar-refractivity contribution in [1.29, 1.82) is 0 Å². The molecule has 3 aliphatic heterocycles. The van der Waals surface area contributed by atoms with Crippen LogP contribution in [0.1, 0.15) is 25.7 Å². The van der Waals surface area contributed by atoms with Crippen molar-refractivity contribution < 1.29 is 4.74 Å². The van der Waals surface area contributed by atoms with Crippen LogP contribution >= 0.6 is 0 Å². The van der Waals surface area contributed by atoms with Gasteiger partial charge in [0, 0.05) is 19.1 Å². The van der Waals surface area contributed by atoms with Gasteiger partial charge in [-0.25, -0.2) is 0 Å². The van der Waals surface area contributed by atoms with Crippen molar-refractivity contribution in [2.75, 3.05) is 33.2 Å². The molecule has 2 atom stereocenters. The number of hydrogen-bond acceptors (Lipinski definition) is 3. The average molecular weight is 210 g/mol. The number of fused-ring (bicyclic) bond motifs is 2. The summed E-state index contributed by atoms with van der Waals surface area (Å²) in [6.07, 6.45) is 6.43.